The standard InChI is InChI=1S/C23H33N7O4/c1-15(2)30-22-19(28-23(30)24-6-7-29-8-10-34-11-9-29)21(25-14-26-22)27-16-12-17(31-3)20(33-5)18(13-16)32-4/h12-15H,6-11H2,1-5H3,(H,24,28)(H,25,26,27). The average molecular weight is 472 g/mol. The maximum Gasteiger partial charge on any atom is 0.205 e. The number of imidazole rings is 1. The molecule has 1 aromatic carbocycles. The van der Waals surface area contributed by atoms with Gasteiger partial charge in [-0.25, -0.2) is 15.0 Å². The van der Waals surface area contributed by atoms with Gasteiger partial charge in [-0.15, -0.1) is 0 Å². The van der Waals surface area contributed by atoms with Crippen molar-refractivity contribution in [3.8, 4) is 17.2 Å². The Morgan fingerprint density at radius 3 is 2.35 bits per heavy atom. The Morgan fingerprint density at radius 2 is 1.74 bits per heavy atom. The molecule has 0 bridgehead atoms. The molecular weight excluding hydrogens is 438 g/mol. The molecule has 11 heteroatoms. The van der Waals surface area contributed by atoms with Crippen molar-refractivity contribution in [2.45, 2.75) is 19.9 Å². The molecule has 3 heterocycles. The van der Waals surface area contributed by atoms with Crippen molar-refractivity contribution >= 4 is 28.6 Å². The number of anilines is 3. The minimum absolute atomic E-state index is 0.166. The normalized spacial score (nSPS) is 14.4. The van der Waals surface area contributed by atoms with Crippen molar-refractivity contribution in [1.82, 2.24) is 24.4 Å². The van der Waals surface area contributed by atoms with Gasteiger partial charge in [0.2, 0.25) is 11.7 Å². The Balaban J connectivity index is 1.62. The highest BCUT2D eigenvalue weighted by molar-refractivity contribution is 5.87. The topological polar surface area (TPSA) is 108 Å². The molecule has 1 aliphatic heterocycles. The van der Waals surface area contributed by atoms with E-state index in [2.05, 4.69) is 43.9 Å². The zero-order valence-corrected chi connectivity index (χ0v) is 20.4. The minimum Gasteiger partial charge on any atom is -0.493 e. The third-order valence-electron chi connectivity index (χ3n) is 5.74. The summed E-state index contributed by atoms with van der Waals surface area (Å²) in [6, 6.07) is 3.83. The number of nitrogens with zero attached hydrogens (tertiary/aromatic N) is 5. The molecule has 1 aliphatic rings. The van der Waals surface area contributed by atoms with Crippen LogP contribution < -0.4 is 24.8 Å². The Kier molecular flexibility index (Phi) is 7.53. The molecular formula is C23H33N7O4. The van der Waals surface area contributed by atoms with Crippen LogP contribution >= 0.6 is 0 Å². The number of hydrogen-bond donors (Lipinski definition) is 2. The summed E-state index contributed by atoms with van der Waals surface area (Å²) in [5.74, 6) is 2.99. The largest absolute Gasteiger partial charge is 0.493 e. The van der Waals surface area contributed by atoms with E-state index in [1.54, 1.807) is 27.7 Å². The van der Waals surface area contributed by atoms with Gasteiger partial charge in [-0.3, -0.25) is 9.47 Å². The van der Waals surface area contributed by atoms with Crippen LogP contribution in [0.15, 0.2) is 18.5 Å². The number of nitrogens with one attached hydrogen (secondary N) is 2. The van der Waals surface area contributed by atoms with Crippen LogP contribution in [-0.2, 0) is 4.74 Å². The number of benzene rings is 1. The second kappa shape index (κ2) is 10.7. The van der Waals surface area contributed by atoms with E-state index in [9.17, 15) is 0 Å². The second-order valence-electron chi connectivity index (χ2n) is 8.21. The fraction of sp³-hybridized carbons (Fsp3) is 0.522. The van der Waals surface area contributed by atoms with Crippen LogP contribution in [0.2, 0.25) is 0 Å². The van der Waals surface area contributed by atoms with E-state index < -0.39 is 0 Å². The fourth-order valence-corrected chi connectivity index (χ4v) is 4.05. The first-order valence-electron chi connectivity index (χ1n) is 11.4. The summed E-state index contributed by atoms with van der Waals surface area (Å²) in [6.45, 7) is 9.41. The molecule has 0 spiro atoms. The molecule has 1 saturated heterocycles. The lowest BCUT2D eigenvalue weighted by atomic mass is 10.2. The number of aromatic nitrogens is 4. The average Bonchev–Trinajstić information content (AvgIpc) is 3.23. The molecule has 0 unspecified atom stereocenters. The number of ether oxygens (including phenoxy) is 4. The van der Waals surface area contributed by atoms with Crippen LogP contribution in [0.5, 0.6) is 17.2 Å². The summed E-state index contributed by atoms with van der Waals surface area (Å²) in [5.41, 5.74) is 2.17. The first-order valence-corrected chi connectivity index (χ1v) is 11.4. The monoisotopic (exact) mass is 471 g/mol. The van der Waals surface area contributed by atoms with Crippen LogP contribution in [0.4, 0.5) is 17.5 Å². The highest BCUT2D eigenvalue weighted by Gasteiger charge is 2.20. The van der Waals surface area contributed by atoms with E-state index in [1.165, 1.54) is 0 Å². The molecule has 1 fully saturated rings. The highest BCUT2D eigenvalue weighted by atomic mass is 16.5. The molecule has 0 saturated carbocycles. The predicted molar refractivity (Wildman–Crippen MR) is 131 cm³/mol. The molecule has 0 atom stereocenters. The molecule has 34 heavy (non-hydrogen) atoms. The first kappa shape index (κ1) is 23.8. The number of morpholine rings is 1. The van der Waals surface area contributed by atoms with Crippen molar-refractivity contribution in [2.75, 3.05) is 71.4 Å². The van der Waals surface area contributed by atoms with Crippen molar-refractivity contribution in [2.24, 2.45) is 0 Å². The highest BCUT2D eigenvalue weighted by Crippen LogP contribution is 2.41. The maximum atomic E-state index is 5.47. The number of fused-ring (bicyclic) bond motifs is 1. The van der Waals surface area contributed by atoms with Crippen LogP contribution in [-0.4, -0.2) is 85.1 Å². The zero-order valence-electron chi connectivity index (χ0n) is 20.4. The van der Waals surface area contributed by atoms with Gasteiger partial charge in [0, 0.05) is 50.0 Å². The lowest BCUT2D eigenvalue weighted by Gasteiger charge is -2.26. The van der Waals surface area contributed by atoms with Crippen LogP contribution in [0.3, 0.4) is 0 Å². The molecule has 184 valence electrons. The molecule has 2 N–H and O–H groups in total. The summed E-state index contributed by atoms with van der Waals surface area (Å²) < 4.78 is 23.9. The molecule has 3 aromatic rings. The van der Waals surface area contributed by atoms with Gasteiger partial charge in [-0.05, 0) is 13.8 Å². The van der Waals surface area contributed by atoms with Crippen molar-refractivity contribution in [3.05, 3.63) is 18.5 Å². The van der Waals surface area contributed by atoms with Gasteiger partial charge in [0.15, 0.2) is 28.5 Å². The fourth-order valence-electron chi connectivity index (χ4n) is 4.05. The summed E-state index contributed by atoms with van der Waals surface area (Å²) >= 11 is 0. The van der Waals surface area contributed by atoms with Crippen LogP contribution in [0.1, 0.15) is 19.9 Å². The van der Waals surface area contributed by atoms with E-state index in [0.29, 0.717) is 28.6 Å². The molecule has 0 amide bonds. The van der Waals surface area contributed by atoms with E-state index in [-0.39, 0.29) is 6.04 Å². The summed E-state index contributed by atoms with van der Waals surface area (Å²) in [7, 11) is 4.75. The molecule has 11 nitrogen and oxygen atoms in total. The predicted octanol–water partition coefficient (Wildman–Crippen LogP) is 2.92. The summed E-state index contributed by atoms with van der Waals surface area (Å²) in [6.07, 6.45) is 1.54. The van der Waals surface area contributed by atoms with Gasteiger partial charge in [-0.1, -0.05) is 0 Å². The van der Waals surface area contributed by atoms with Gasteiger partial charge < -0.3 is 29.6 Å². The van der Waals surface area contributed by atoms with Crippen LogP contribution in [0.25, 0.3) is 11.2 Å². The summed E-state index contributed by atoms with van der Waals surface area (Å²) in [5, 5.41) is 6.83. The van der Waals surface area contributed by atoms with Crippen molar-refractivity contribution in [3.63, 3.8) is 0 Å². The van der Waals surface area contributed by atoms with Gasteiger partial charge in [0.1, 0.15) is 6.33 Å². The van der Waals surface area contributed by atoms with Gasteiger partial charge in [0.25, 0.3) is 0 Å². The van der Waals surface area contributed by atoms with Crippen LogP contribution in [0, 0.1) is 0 Å². The molecule has 2 aromatic heterocycles. The molecule has 4 rings (SSSR count). The van der Waals surface area contributed by atoms with E-state index >= 15 is 0 Å². The minimum atomic E-state index is 0.166. The third kappa shape index (κ3) is 4.95. The Bertz CT molecular complexity index is 1090. The quantitative estimate of drug-likeness (QED) is 0.458. The lowest BCUT2D eigenvalue weighted by Crippen LogP contribution is -2.39. The number of hydrogen-bond acceptors (Lipinski definition) is 10. The zero-order chi connectivity index (χ0) is 24.1. The van der Waals surface area contributed by atoms with Crippen molar-refractivity contribution in [1.29, 1.82) is 0 Å². The van der Waals surface area contributed by atoms with E-state index in [4.69, 9.17) is 23.9 Å². The van der Waals surface area contributed by atoms with E-state index in [0.717, 1.165) is 56.7 Å². The SMILES string of the molecule is COc1cc(Nc2ncnc3c2nc(NCCN2CCOCC2)n3C(C)C)cc(OC)c1OC. The van der Waals surface area contributed by atoms with E-state index in [1.807, 2.05) is 12.1 Å². The number of methoxy groups -OCH3 is 3. The lowest BCUT2D eigenvalue weighted by molar-refractivity contribution is 0.0398. The Labute approximate surface area is 199 Å². The maximum absolute atomic E-state index is 5.47. The second-order valence-corrected chi connectivity index (χ2v) is 8.21. The summed E-state index contributed by atoms with van der Waals surface area (Å²) in [4.78, 5) is 16.2. The number of rotatable bonds is 10. The van der Waals surface area contributed by atoms with Gasteiger partial charge >= 0.3 is 0 Å². The van der Waals surface area contributed by atoms with Gasteiger partial charge in [-0.2, -0.15) is 0 Å². The molecule has 0 radical (unpaired) electrons. The Hall–Kier alpha value is -3.31. The smallest absolute Gasteiger partial charge is 0.205 e. The van der Waals surface area contributed by atoms with Crippen molar-refractivity contribution < 1.29 is 18.9 Å². The molecule has 0 aliphatic carbocycles. The van der Waals surface area contributed by atoms with Gasteiger partial charge in [0.05, 0.1) is 34.5 Å². The third-order valence-corrected chi connectivity index (χ3v) is 5.74. The first-order chi connectivity index (χ1) is 16.5. The Morgan fingerprint density at radius 1 is 1.03 bits per heavy atom.